The Balaban J connectivity index is 2.13. The Morgan fingerprint density at radius 1 is 1.42 bits per heavy atom. The van der Waals surface area contributed by atoms with Crippen molar-refractivity contribution in [3.63, 3.8) is 0 Å². The molecule has 0 aliphatic carbocycles. The first-order chi connectivity index (χ1) is 9.10. The molecule has 1 aromatic carbocycles. The maximum atomic E-state index is 11.3. The number of thiazole rings is 1. The van der Waals surface area contributed by atoms with Gasteiger partial charge in [-0.2, -0.15) is 0 Å². The van der Waals surface area contributed by atoms with Gasteiger partial charge in [0.15, 0.2) is 5.72 Å². The van der Waals surface area contributed by atoms with Crippen LogP contribution in [-0.2, 0) is 16.9 Å². The standard InChI is InChI=1S/C14H16N2O2S/c1-11(17)16-14(18,13-15-9-10-19-13)8-7-12-5-3-2-4-6-12/h2-6,9-10,18H,7-8H2,1H3,(H,16,17). The van der Waals surface area contributed by atoms with Crippen LogP contribution in [0, 0.1) is 0 Å². The number of amides is 1. The Bertz CT molecular complexity index is 528. The number of aromatic nitrogens is 1. The van der Waals surface area contributed by atoms with Crippen LogP contribution in [0.25, 0.3) is 0 Å². The zero-order valence-electron chi connectivity index (χ0n) is 10.7. The second kappa shape index (κ2) is 5.95. The first-order valence-electron chi connectivity index (χ1n) is 6.05. The van der Waals surface area contributed by atoms with E-state index in [9.17, 15) is 9.90 Å². The van der Waals surface area contributed by atoms with Gasteiger partial charge in [-0.15, -0.1) is 11.3 Å². The van der Waals surface area contributed by atoms with Gasteiger partial charge in [-0.05, 0) is 12.0 Å². The molecule has 100 valence electrons. The number of aryl methyl sites for hydroxylation is 1. The van der Waals surface area contributed by atoms with Gasteiger partial charge in [-0.1, -0.05) is 30.3 Å². The number of nitrogens with one attached hydrogen (secondary N) is 1. The topological polar surface area (TPSA) is 62.2 Å². The summed E-state index contributed by atoms with van der Waals surface area (Å²) < 4.78 is 0. The molecule has 0 aliphatic rings. The summed E-state index contributed by atoms with van der Waals surface area (Å²) in [4.78, 5) is 15.4. The van der Waals surface area contributed by atoms with E-state index < -0.39 is 5.72 Å². The molecule has 0 saturated carbocycles. The maximum Gasteiger partial charge on any atom is 0.219 e. The van der Waals surface area contributed by atoms with Crippen LogP contribution in [0.1, 0.15) is 23.9 Å². The average molecular weight is 276 g/mol. The molecule has 2 N–H and O–H groups in total. The Labute approximate surface area is 116 Å². The van der Waals surface area contributed by atoms with E-state index in [2.05, 4.69) is 10.3 Å². The van der Waals surface area contributed by atoms with Gasteiger partial charge in [0.25, 0.3) is 0 Å². The van der Waals surface area contributed by atoms with Gasteiger partial charge in [-0.25, -0.2) is 4.98 Å². The second-order valence-corrected chi connectivity index (χ2v) is 5.26. The summed E-state index contributed by atoms with van der Waals surface area (Å²) in [5.74, 6) is -0.272. The van der Waals surface area contributed by atoms with Gasteiger partial charge in [-0.3, -0.25) is 4.79 Å². The van der Waals surface area contributed by atoms with Crippen LogP contribution in [-0.4, -0.2) is 16.0 Å². The van der Waals surface area contributed by atoms with Crippen LogP contribution in [0.2, 0.25) is 0 Å². The minimum Gasteiger partial charge on any atom is -0.365 e. The molecule has 0 radical (unpaired) electrons. The fourth-order valence-corrected chi connectivity index (χ4v) is 2.63. The number of hydrogen-bond donors (Lipinski definition) is 2. The van der Waals surface area contributed by atoms with E-state index in [0.29, 0.717) is 17.8 Å². The molecule has 2 aromatic rings. The Morgan fingerprint density at radius 2 is 2.16 bits per heavy atom. The van der Waals surface area contributed by atoms with Crippen molar-refractivity contribution in [1.29, 1.82) is 0 Å². The normalized spacial score (nSPS) is 13.8. The molecule has 4 nitrogen and oxygen atoms in total. The molecular formula is C14H16N2O2S. The molecule has 0 spiro atoms. The monoisotopic (exact) mass is 276 g/mol. The number of benzene rings is 1. The minimum absolute atomic E-state index is 0.272. The summed E-state index contributed by atoms with van der Waals surface area (Å²) in [6.07, 6.45) is 2.68. The zero-order valence-corrected chi connectivity index (χ0v) is 11.5. The van der Waals surface area contributed by atoms with Crippen LogP contribution in [0.5, 0.6) is 0 Å². The molecule has 2 rings (SSSR count). The van der Waals surface area contributed by atoms with Crippen LogP contribution in [0.15, 0.2) is 41.9 Å². The Hall–Kier alpha value is -1.72. The molecule has 19 heavy (non-hydrogen) atoms. The quantitative estimate of drug-likeness (QED) is 0.822. The SMILES string of the molecule is CC(=O)NC(O)(CCc1ccccc1)c1nccs1. The fraction of sp³-hybridized carbons (Fsp3) is 0.286. The lowest BCUT2D eigenvalue weighted by molar-refractivity contribution is -0.127. The van der Waals surface area contributed by atoms with Crippen LogP contribution >= 0.6 is 11.3 Å². The van der Waals surface area contributed by atoms with Gasteiger partial charge in [0.2, 0.25) is 5.91 Å². The summed E-state index contributed by atoms with van der Waals surface area (Å²) in [6.45, 7) is 1.39. The van der Waals surface area contributed by atoms with Crippen molar-refractivity contribution >= 4 is 17.2 Å². The third-order valence-corrected chi connectivity index (χ3v) is 3.71. The average Bonchev–Trinajstić information content (AvgIpc) is 2.91. The highest BCUT2D eigenvalue weighted by Gasteiger charge is 2.32. The predicted molar refractivity (Wildman–Crippen MR) is 74.6 cm³/mol. The van der Waals surface area contributed by atoms with Gasteiger partial charge < -0.3 is 10.4 Å². The lowest BCUT2D eigenvalue weighted by atomic mass is 10.0. The van der Waals surface area contributed by atoms with E-state index in [1.165, 1.54) is 18.3 Å². The van der Waals surface area contributed by atoms with Gasteiger partial charge in [0.05, 0.1) is 0 Å². The molecule has 1 amide bonds. The lowest BCUT2D eigenvalue weighted by Crippen LogP contribution is -2.45. The lowest BCUT2D eigenvalue weighted by Gasteiger charge is -2.26. The number of nitrogens with zero attached hydrogens (tertiary/aromatic N) is 1. The molecule has 0 saturated heterocycles. The largest absolute Gasteiger partial charge is 0.365 e. The molecule has 0 aliphatic heterocycles. The molecule has 5 heteroatoms. The smallest absolute Gasteiger partial charge is 0.219 e. The van der Waals surface area contributed by atoms with Crippen LogP contribution < -0.4 is 5.32 Å². The van der Waals surface area contributed by atoms with Gasteiger partial charge in [0, 0.05) is 24.9 Å². The van der Waals surface area contributed by atoms with E-state index in [0.717, 1.165) is 5.56 Å². The van der Waals surface area contributed by atoms with Crippen molar-refractivity contribution < 1.29 is 9.90 Å². The maximum absolute atomic E-state index is 11.3. The number of rotatable bonds is 5. The Kier molecular flexibility index (Phi) is 4.29. The van der Waals surface area contributed by atoms with Crippen molar-refractivity contribution in [2.75, 3.05) is 0 Å². The van der Waals surface area contributed by atoms with Crippen molar-refractivity contribution in [2.45, 2.75) is 25.5 Å². The number of hydrogen-bond acceptors (Lipinski definition) is 4. The minimum atomic E-state index is -1.39. The van der Waals surface area contributed by atoms with Crippen molar-refractivity contribution in [3.05, 3.63) is 52.5 Å². The Morgan fingerprint density at radius 3 is 2.74 bits per heavy atom. The van der Waals surface area contributed by atoms with Gasteiger partial charge in [0.1, 0.15) is 5.01 Å². The molecule has 1 unspecified atom stereocenters. The third kappa shape index (κ3) is 3.62. The highest BCUT2D eigenvalue weighted by Crippen LogP contribution is 2.25. The third-order valence-electron chi connectivity index (χ3n) is 2.79. The fourth-order valence-electron chi connectivity index (χ4n) is 1.91. The predicted octanol–water partition coefficient (Wildman–Crippen LogP) is 2.06. The van der Waals surface area contributed by atoms with Crippen LogP contribution in [0.3, 0.4) is 0 Å². The van der Waals surface area contributed by atoms with E-state index in [4.69, 9.17) is 0 Å². The van der Waals surface area contributed by atoms with Crippen molar-refractivity contribution in [3.8, 4) is 0 Å². The number of aliphatic hydroxyl groups is 1. The highest BCUT2D eigenvalue weighted by molar-refractivity contribution is 7.09. The molecule has 0 bridgehead atoms. The van der Waals surface area contributed by atoms with Gasteiger partial charge >= 0.3 is 0 Å². The first kappa shape index (κ1) is 13.7. The molecular weight excluding hydrogens is 260 g/mol. The van der Waals surface area contributed by atoms with E-state index >= 15 is 0 Å². The van der Waals surface area contributed by atoms with E-state index in [1.807, 2.05) is 30.3 Å². The van der Waals surface area contributed by atoms with Crippen molar-refractivity contribution in [1.82, 2.24) is 10.3 Å². The highest BCUT2D eigenvalue weighted by atomic mass is 32.1. The van der Waals surface area contributed by atoms with E-state index in [-0.39, 0.29) is 5.91 Å². The number of carbonyl (C=O) groups excluding carboxylic acids is 1. The molecule has 1 heterocycles. The summed E-state index contributed by atoms with van der Waals surface area (Å²) in [5, 5.41) is 15.5. The summed E-state index contributed by atoms with van der Waals surface area (Å²) >= 11 is 1.33. The number of carbonyl (C=O) groups is 1. The summed E-state index contributed by atoms with van der Waals surface area (Å²) in [5.41, 5.74) is -0.279. The van der Waals surface area contributed by atoms with Crippen molar-refractivity contribution in [2.24, 2.45) is 0 Å². The molecule has 1 atom stereocenters. The summed E-state index contributed by atoms with van der Waals surface area (Å²) in [6, 6.07) is 9.85. The van der Waals surface area contributed by atoms with E-state index in [1.54, 1.807) is 11.6 Å². The molecule has 0 fully saturated rings. The zero-order chi connectivity index (χ0) is 13.7. The van der Waals surface area contributed by atoms with Crippen LogP contribution in [0.4, 0.5) is 0 Å². The first-order valence-corrected chi connectivity index (χ1v) is 6.93. The second-order valence-electron chi connectivity index (χ2n) is 4.36. The summed E-state index contributed by atoms with van der Waals surface area (Å²) in [7, 11) is 0. The molecule has 1 aromatic heterocycles.